The van der Waals surface area contributed by atoms with Gasteiger partial charge < -0.3 is 0 Å². The molecule has 0 fully saturated rings. The zero-order valence-corrected chi connectivity index (χ0v) is 43.9. The second-order valence-corrected chi connectivity index (χ2v) is 19.9. The molecule has 3 aliphatic heterocycles. The summed E-state index contributed by atoms with van der Waals surface area (Å²) < 4.78 is 6.83. The first-order chi connectivity index (χ1) is 40.0. The van der Waals surface area contributed by atoms with Crippen molar-refractivity contribution >= 4 is 17.1 Å². The maximum Gasteiger partial charge on any atom is 0.239 e. The van der Waals surface area contributed by atoms with Crippen LogP contribution in [0.2, 0.25) is 0 Å². The molecule has 0 bridgehead atoms. The van der Waals surface area contributed by atoms with Crippen LogP contribution >= 0.6 is 0 Å². The van der Waals surface area contributed by atoms with E-state index in [1.54, 1.807) is 0 Å². The van der Waals surface area contributed by atoms with Gasteiger partial charge in [0.15, 0.2) is 55.3 Å². The van der Waals surface area contributed by atoms with Gasteiger partial charge in [-0.15, -0.1) is 0 Å². The monoisotopic (exact) mass is 1040 g/mol. The van der Waals surface area contributed by atoms with Crippen LogP contribution in [-0.2, 0) is 19.6 Å². The maximum absolute atomic E-state index is 7.50. The van der Waals surface area contributed by atoms with E-state index >= 15 is 0 Å². The zero-order chi connectivity index (χ0) is 54.7. The number of benzene rings is 9. The first kappa shape index (κ1) is 49.3. The molecule has 0 amide bonds. The van der Waals surface area contributed by atoms with Crippen molar-refractivity contribution in [3.05, 3.63) is 306 Å². The smallest absolute Gasteiger partial charge is 0.238 e. The van der Waals surface area contributed by atoms with Gasteiger partial charge in [0.05, 0.1) is 36.4 Å². The highest BCUT2D eigenvalue weighted by atomic mass is 15.0. The fourth-order valence-electron chi connectivity index (χ4n) is 11.1. The molecule has 81 heavy (non-hydrogen) atoms. The summed E-state index contributed by atoms with van der Waals surface area (Å²) in [5.74, 6) is 0. The Hall–Kier alpha value is -11.3. The largest absolute Gasteiger partial charge is 0.239 e. The molecule has 0 unspecified atom stereocenters. The summed E-state index contributed by atoms with van der Waals surface area (Å²) in [5, 5.41) is 0. The molecule has 0 radical (unpaired) electrons. The topological polar surface area (TPSA) is 63.4 Å². The molecular weight excluding hydrogens is 991 g/mol. The predicted molar refractivity (Wildman–Crippen MR) is 318 cm³/mol. The van der Waals surface area contributed by atoms with Gasteiger partial charge >= 0.3 is 0 Å². The van der Waals surface area contributed by atoms with Crippen molar-refractivity contribution in [2.45, 2.75) is 19.6 Å². The Balaban J connectivity index is 0.000000114. The number of hydrogen-bond acceptors (Lipinski definition) is 3. The third-order valence-electron chi connectivity index (χ3n) is 14.9. The normalized spacial score (nSPS) is 11.5. The fraction of sp³-hybridized carbons (Fsp3) is 0.0417. The molecular formula is C72H48N9+3. The second kappa shape index (κ2) is 21.6. The minimum absolute atomic E-state index is 0.625. The van der Waals surface area contributed by atoms with E-state index in [2.05, 4.69) is 156 Å². The molecule has 0 saturated carbocycles. The van der Waals surface area contributed by atoms with Crippen LogP contribution in [0.3, 0.4) is 0 Å². The third-order valence-corrected chi connectivity index (χ3v) is 14.9. The second-order valence-electron chi connectivity index (χ2n) is 19.9. The van der Waals surface area contributed by atoms with Gasteiger partial charge in [-0.05, 0) is 29.8 Å². The maximum atomic E-state index is 7.50. The number of para-hydroxylation sites is 1. The molecule has 3 aliphatic rings. The van der Waals surface area contributed by atoms with Crippen LogP contribution < -0.4 is 13.7 Å². The summed E-state index contributed by atoms with van der Waals surface area (Å²) in [7, 11) is 0. The van der Waals surface area contributed by atoms with Crippen molar-refractivity contribution in [3.8, 4) is 101 Å². The Bertz CT molecular complexity index is 4520. The van der Waals surface area contributed by atoms with E-state index in [1.165, 1.54) is 39.1 Å². The van der Waals surface area contributed by atoms with Crippen LogP contribution in [0.1, 0.15) is 16.7 Å². The Kier molecular flexibility index (Phi) is 13.1. The van der Waals surface area contributed by atoms with E-state index in [-0.39, 0.29) is 0 Å². The molecule has 15 rings (SSSR count). The van der Waals surface area contributed by atoms with Crippen molar-refractivity contribution in [1.29, 1.82) is 0 Å². The fourth-order valence-corrected chi connectivity index (χ4v) is 11.1. The lowest BCUT2D eigenvalue weighted by molar-refractivity contribution is -0.671. The summed E-state index contributed by atoms with van der Waals surface area (Å²) in [6, 6.07) is 79.4. The summed E-state index contributed by atoms with van der Waals surface area (Å²) in [6.07, 6.45) is 6.30. The van der Waals surface area contributed by atoms with E-state index in [9.17, 15) is 0 Å². The highest BCUT2D eigenvalue weighted by Gasteiger charge is 2.35. The number of hydrogen-bond donors (Lipinski definition) is 0. The highest BCUT2D eigenvalue weighted by Crippen LogP contribution is 2.40. The molecule has 0 spiro atoms. The average Bonchev–Trinajstić information content (AvgIpc) is 4.39. The Morgan fingerprint density at radius 1 is 0.296 bits per heavy atom. The molecule has 9 aromatic carbocycles. The Morgan fingerprint density at radius 2 is 0.667 bits per heavy atom. The summed E-state index contributed by atoms with van der Waals surface area (Å²) in [4.78, 5) is 25.8. The van der Waals surface area contributed by atoms with Gasteiger partial charge in [0.25, 0.3) is 0 Å². The van der Waals surface area contributed by atoms with Gasteiger partial charge in [-0.1, -0.05) is 212 Å². The van der Waals surface area contributed by atoms with E-state index in [0.29, 0.717) is 17.1 Å². The van der Waals surface area contributed by atoms with E-state index in [4.69, 9.17) is 34.7 Å². The van der Waals surface area contributed by atoms with Crippen LogP contribution in [0.5, 0.6) is 0 Å². The predicted octanol–water partition coefficient (Wildman–Crippen LogP) is 15.8. The van der Waals surface area contributed by atoms with Crippen LogP contribution in [0, 0.1) is 19.7 Å². The van der Waals surface area contributed by atoms with E-state index in [1.807, 2.05) is 127 Å². The van der Waals surface area contributed by atoms with Gasteiger partial charge in [-0.3, -0.25) is 0 Å². The SMILES string of the molecule is [C-]#[N+]c1ccc(-c2c[n+]3c(c(-c4ccccc4)n2)-c2ccccc2C3)cc1.[C-]#[N+]c1cccc(-c2c[n+]3c(c(-c4ccccc4)n2)-c2ccccc2C3)c1.[C-]#[N+]c1ccccc1-c1c[n+]2c(c(-c3ccccc3)n1)-c1ccccc1C2. The highest BCUT2D eigenvalue weighted by molar-refractivity contribution is 5.84. The van der Waals surface area contributed by atoms with Crippen molar-refractivity contribution in [2.75, 3.05) is 0 Å². The number of aromatic nitrogens is 6. The van der Waals surface area contributed by atoms with Crippen LogP contribution in [-0.4, -0.2) is 15.0 Å². The molecule has 9 heteroatoms. The lowest BCUT2D eigenvalue weighted by Gasteiger charge is -2.08. The van der Waals surface area contributed by atoms with Gasteiger partial charge in [0, 0.05) is 44.5 Å². The molecule has 378 valence electrons. The van der Waals surface area contributed by atoms with Gasteiger partial charge in [-0.2, -0.15) is 13.7 Å². The third kappa shape index (κ3) is 9.57. The van der Waals surface area contributed by atoms with E-state index in [0.717, 1.165) is 98.6 Å². The number of fused-ring (bicyclic) bond motifs is 9. The lowest BCUT2D eigenvalue weighted by atomic mass is 10.0. The standard InChI is InChI=1S/3C24H16N3/c1-25-21-14-8-7-13-20(21)22-16-27-15-18-11-5-6-12-19(18)24(27)23(26-22)17-9-3-2-4-10-17;1-25-20-12-7-11-18(14-20)22-16-27-15-19-10-5-6-13-21(19)24(27)23(26-22)17-8-3-2-4-9-17;1-25-20-13-11-17(12-14-20)22-16-27-15-19-9-5-6-10-21(19)24(27)23(26-22)18-7-3-2-4-8-18/h3*2-14,16H,15H2/q3*+1. The first-order valence-electron chi connectivity index (χ1n) is 26.7. The van der Waals surface area contributed by atoms with Crippen molar-refractivity contribution in [3.63, 3.8) is 0 Å². The minimum atomic E-state index is 0.625. The molecule has 0 saturated heterocycles. The van der Waals surface area contributed by atoms with Crippen molar-refractivity contribution < 1.29 is 13.7 Å². The minimum Gasteiger partial charge on any atom is -0.238 e. The van der Waals surface area contributed by atoms with E-state index < -0.39 is 0 Å². The zero-order valence-electron chi connectivity index (χ0n) is 43.9. The molecule has 0 aliphatic carbocycles. The number of rotatable bonds is 6. The van der Waals surface area contributed by atoms with Crippen molar-refractivity contribution in [1.82, 2.24) is 15.0 Å². The van der Waals surface area contributed by atoms with Crippen LogP contribution in [0.15, 0.2) is 255 Å². The lowest BCUT2D eigenvalue weighted by Crippen LogP contribution is -2.33. The Morgan fingerprint density at radius 3 is 1.11 bits per heavy atom. The van der Waals surface area contributed by atoms with Crippen molar-refractivity contribution in [2.24, 2.45) is 0 Å². The Labute approximate surface area is 470 Å². The number of nitrogens with zero attached hydrogens (tertiary/aromatic N) is 9. The molecule has 9 nitrogen and oxygen atoms in total. The molecule has 3 aromatic heterocycles. The molecule has 0 atom stereocenters. The summed E-state index contributed by atoms with van der Waals surface area (Å²) in [6.45, 7) is 24.4. The molecule has 6 heterocycles. The first-order valence-corrected chi connectivity index (χ1v) is 26.7. The summed E-state index contributed by atoms with van der Waals surface area (Å²) >= 11 is 0. The molecule has 12 aromatic rings. The van der Waals surface area contributed by atoms with Crippen LogP contribution in [0.4, 0.5) is 17.1 Å². The van der Waals surface area contributed by atoms with Gasteiger partial charge in [-0.25, -0.2) is 29.5 Å². The van der Waals surface area contributed by atoms with Gasteiger partial charge in [0.2, 0.25) is 17.1 Å². The van der Waals surface area contributed by atoms with Crippen LogP contribution in [0.25, 0.3) is 116 Å². The summed E-state index contributed by atoms with van der Waals surface area (Å²) in [5.41, 5.74) is 24.7. The van der Waals surface area contributed by atoms with Gasteiger partial charge in [0.1, 0.15) is 34.2 Å². The quantitative estimate of drug-likeness (QED) is 0.123. The molecule has 0 N–H and O–H groups in total. The average molecular weight is 1040 g/mol.